The molecule has 0 aliphatic heterocycles. The van der Waals surface area contributed by atoms with Crippen LogP contribution in [0.25, 0.3) is 0 Å². The zero-order valence-electron chi connectivity index (χ0n) is 12.7. The molecule has 2 amide bonds. The van der Waals surface area contributed by atoms with Crippen molar-refractivity contribution in [3.05, 3.63) is 29.8 Å². The van der Waals surface area contributed by atoms with Gasteiger partial charge >= 0.3 is 0 Å². The Labute approximate surface area is 130 Å². The normalized spacial score (nSPS) is 10.5. The third-order valence-electron chi connectivity index (χ3n) is 2.60. The third kappa shape index (κ3) is 6.64. The topological polar surface area (TPSA) is 70.2 Å². The molecule has 0 atom stereocenters. The second kappa shape index (κ2) is 9.41. The summed E-state index contributed by atoms with van der Waals surface area (Å²) in [7, 11) is 1.84. The maximum atomic E-state index is 12.1. The molecule has 6 heteroatoms. The number of nitrogens with one attached hydrogen (secondary N) is 3. The van der Waals surface area contributed by atoms with Gasteiger partial charge in [-0.1, -0.05) is 12.1 Å². The van der Waals surface area contributed by atoms with Crippen LogP contribution in [0.4, 0.5) is 0 Å². The zero-order valence-corrected chi connectivity index (χ0v) is 13.5. The minimum Gasteiger partial charge on any atom is -0.353 e. The van der Waals surface area contributed by atoms with E-state index < -0.39 is 0 Å². The van der Waals surface area contributed by atoms with Crippen LogP contribution in [0.5, 0.6) is 0 Å². The Bertz CT molecular complexity index is 478. The highest BCUT2D eigenvalue weighted by Gasteiger charge is 2.12. The summed E-state index contributed by atoms with van der Waals surface area (Å²) >= 11 is 1.38. The van der Waals surface area contributed by atoms with Crippen molar-refractivity contribution in [3.63, 3.8) is 0 Å². The minimum absolute atomic E-state index is 0.0274. The van der Waals surface area contributed by atoms with Gasteiger partial charge in [0.15, 0.2) is 0 Å². The average molecular weight is 309 g/mol. The van der Waals surface area contributed by atoms with Gasteiger partial charge in [-0.05, 0) is 33.0 Å². The predicted molar refractivity (Wildman–Crippen MR) is 86.7 cm³/mol. The van der Waals surface area contributed by atoms with E-state index in [0.717, 1.165) is 11.4 Å². The van der Waals surface area contributed by atoms with Crippen molar-refractivity contribution < 1.29 is 9.59 Å². The summed E-state index contributed by atoms with van der Waals surface area (Å²) < 4.78 is 0. The van der Waals surface area contributed by atoms with Gasteiger partial charge in [0.25, 0.3) is 5.91 Å². The molecule has 0 aliphatic carbocycles. The lowest BCUT2D eigenvalue weighted by molar-refractivity contribution is -0.119. The monoisotopic (exact) mass is 309 g/mol. The first kappa shape index (κ1) is 17.5. The molecule has 1 rings (SSSR count). The average Bonchev–Trinajstić information content (AvgIpc) is 2.45. The van der Waals surface area contributed by atoms with Gasteiger partial charge in [-0.15, -0.1) is 11.8 Å². The van der Waals surface area contributed by atoms with Gasteiger partial charge < -0.3 is 16.0 Å². The van der Waals surface area contributed by atoms with E-state index in [1.807, 2.05) is 39.1 Å². The highest BCUT2D eigenvalue weighted by Crippen LogP contribution is 2.22. The SMILES string of the molecule is CNCCNC(=O)c1ccccc1SCC(=O)NC(C)C. The molecular weight excluding hydrogens is 286 g/mol. The molecule has 0 aliphatic rings. The Balaban J connectivity index is 2.62. The molecule has 0 saturated carbocycles. The van der Waals surface area contributed by atoms with Crippen molar-refractivity contribution in [2.75, 3.05) is 25.9 Å². The fourth-order valence-electron chi connectivity index (χ4n) is 1.68. The van der Waals surface area contributed by atoms with E-state index in [2.05, 4.69) is 16.0 Å². The number of hydrogen-bond acceptors (Lipinski definition) is 4. The van der Waals surface area contributed by atoms with E-state index >= 15 is 0 Å². The molecule has 116 valence electrons. The number of thioether (sulfide) groups is 1. The number of benzene rings is 1. The number of carbonyl (C=O) groups excluding carboxylic acids is 2. The molecule has 0 fully saturated rings. The van der Waals surface area contributed by atoms with E-state index in [1.54, 1.807) is 6.07 Å². The quantitative estimate of drug-likeness (QED) is 0.499. The molecule has 0 saturated heterocycles. The Morgan fingerprint density at radius 1 is 1.19 bits per heavy atom. The summed E-state index contributed by atoms with van der Waals surface area (Å²) in [5, 5.41) is 8.65. The Hall–Kier alpha value is -1.53. The van der Waals surface area contributed by atoms with Gasteiger partial charge in [-0.2, -0.15) is 0 Å². The summed E-state index contributed by atoms with van der Waals surface area (Å²) in [6.07, 6.45) is 0. The fraction of sp³-hybridized carbons (Fsp3) is 0.467. The van der Waals surface area contributed by atoms with Crippen molar-refractivity contribution in [1.29, 1.82) is 0 Å². The Morgan fingerprint density at radius 3 is 2.57 bits per heavy atom. The van der Waals surface area contributed by atoms with E-state index in [1.165, 1.54) is 11.8 Å². The molecule has 1 aromatic carbocycles. The summed E-state index contributed by atoms with van der Waals surface area (Å²) in [6.45, 7) is 5.14. The largest absolute Gasteiger partial charge is 0.353 e. The van der Waals surface area contributed by atoms with Gasteiger partial charge in [0, 0.05) is 24.0 Å². The maximum absolute atomic E-state index is 12.1. The fourth-order valence-corrected chi connectivity index (χ4v) is 2.54. The molecule has 0 spiro atoms. The van der Waals surface area contributed by atoms with Crippen molar-refractivity contribution in [1.82, 2.24) is 16.0 Å². The minimum atomic E-state index is -0.113. The van der Waals surface area contributed by atoms with Gasteiger partial charge in [-0.25, -0.2) is 0 Å². The van der Waals surface area contributed by atoms with E-state index in [4.69, 9.17) is 0 Å². The molecule has 5 nitrogen and oxygen atoms in total. The molecule has 1 aromatic rings. The smallest absolute Gasteiger partial charge is 0.252 e. The zero-order chi connectivity index (χ0) is 15.7. The molecule has 3 N–H and O–H groups in total. The Kier molecular flexibility index (Phi) is 7.85. The van der Waals surface area contributed by atoms with Gasteiger partial charge in [-0.3, -0.25) is 9.59 Å². The number of hydrogen-bond donors (Lipinski definition) is 3. The Morgan fingerprint density at radius 2 is 1.90 bits per heavy atom. The number of likely N-dealkylation sites (N-methyl/N-ethyl adjacent to an activating group) is 1. The standard InChI is InChI=1S/C15H23N3O2S/c1-11(2)18-14(19)10-21-13-7-5-4-6-12(13)15(20)17-9-8-16-3/h4-7,11,16H,8-10H2,1-3H3,(H,17,20)(H,18,19). The second-order valence-corrected chi connectivity index (χ2v) is 5.88. The van der Waals surface area contributed by atoms with Crippen LogP contribution in [-0.4, -0.2) is 43.7 Å². The first-order chi connectivity index (χ1) is 10.0. The van der Waals surface area contributed by atoms with Gasteiger partial charge in [0.05, 0.1) is 11.3 Å². The van der Waals surface area contributed by atoms with E-state index in [9.17, 15) is 9.59 Å². The molecule has 0 aromatic heterocycles. The van der Waals surface area contributed by atoms with E-state index in [0.29, 0.717) is 17.9 Å². The van der Waals surface area contributed by atoms with Gasteiger partial charge in [0.2, 0.25) is 5.91 Å². The molecule has 0 radical (unpaired) electrons. The first-order valence-corrected chi connectivity index (χ1v) is 7.97. The number of carbonyl (C=O) groups is 2. The van der Waals surface area contributed by atoms with Gasteiger partial charge in [0.1, 0.15) is 0 Å². The van der Waals surface area contributed by atoms with Crippen LogP contribution in [-0.2, 0) is 4.79 Å². The number of rotatable bonds is 8. The van der Waals surface area contributed by atoms with Crippen molar-refractivity contribution >= 4 is 23.6 Å². The lowest BCUT2D eigenvalue weighted by Gasteiger charge is -2.11. The summed E-state index contributed by atoms with van der Waals surface area (Å²) in [6, 6.07) is 7.45. The van der Waals surface area contributed by atoms with Crippen LogP contribution in [0.2, 0.25) is 0 Å². The van der Waals surface area contributed by atoms with Crippen molar-refractivity contribution in [2.45, 2.75) is 24.8 Å². The number of amides is 2. The predicted octanol–water partition coefficient (Wildman–Crippen LogP) is 1.25. The summed E-state index contributed by atoms with van der Waals surface area (Å²) in [5.41, 5.74) is 0.607. The van der Waals surface area contributed by atoms with E-state index in [-0.39, 0.29) is 17.9 Å². The van der Waals surface area contributed by atoms with Crippen LogP contribution in [0.1, 0.15) is 24.2 Å². The second-order valence-electron chi connectivity index (χ2n) is 4.87. The van der Waals surface area contributed by atoms with Crippen LogP contribution < -0.4 is 16.0 Å². The van der Waals surface area contributed by atoms with Crippen LogP contribution in [0.15, 0.2) is 29.2 Å². The van der Waals surface area contributed by atoms with Crippen LogP contribution >= 0.6 is 11.8 Å². The highest BCUT2D eigenvalue weighted by atomic mass is 32.2. The molecular formula is C15H23N3O2S. The summed E-state index contributed by atoms with van der Waals surface area (Å²) in [4.78, 5) is 24.6. The van der Waals surface area contributed by atoms with Crippen LogP contribution in [0, 0.1) is 0 Å². The molecule has 0 bridgehead atoms. The molecule has 0 unspecified atom stereocenters. The first-order valence-electron chi connectivity index (χ1n) is 6.98. The van der Waals surface area contributed by atoms with Crippen molar-refractivity contribution in [2.24, 2.45) is 0 Å². The summed E-state index contributed by atoms with van der Waals surface area (Å²) in [5.74, 6) is 0.164. The third-order valence-corrected chi connectivity index (χ3v) is 3.67. The molecule has 21 heavy (non-hydrogen) atoms. The molecule has 0 heterocycles. The van der Waals surface area contributed by atoms with Crippen LogP contribution in [0.3, 0.4) is 0 Å². The maximum Gasteiger partial charge on any atom is 0.252 e. The lowest BCUT2D eigenvalue weighted by atomic mass is 10.2. The highest BCUT2D eigenvalue weighted by molar-refractivity contribution is 8.00. The lowest BCUT2D eigenvalue weighted by Crippen LogP contribution is -2.32. The van der Waals surface area contributed by atoms with Crippen molar-refractivity contribution in [3.8, 4) is 0 Å².